The first-order valence-corrected chi connectivity index (χ1v) is 9.17. The van der Waals surface area contributed by atoms with Crippen LogP contribution in [0.5, 0.6) is 0 Å². The number of nitrogens with one attached hydrogen (secondary N) is 2. The van der Waals surface area contributed by atoms with Crippen LogP contribution in [-0.2, 0) is 14.8 Å². The Morgan fingerprint density at radius 1 is 1.28 bits per heavy atom. The molecule has 0 spiro atoms. The van der Waals surface area contributed by atoms with Crippen LogP contribution in [0.2, 0.25) is 5.02 Å². The number of benzene rings is 2. The van der Waals surface area contributed by atoms with Gasteiger partial charge in [-0.25, -0.2) is 4.39 Å². The van der Waals surface area contributed by atoms with Crippen molar-refractivity contribution < 1.29 is 17.5 Å². The summed E-state index contributed by atoms with van der Waals surface area (Å²) in [5, 5.41) is 6.11. The van der Waals surface area contributed by atoms with Gasteiger partial charge in [-0.1, -0.05) is 23.7 Å². The monoisotopic (exact) mass is 383 g/mol. The maximum atomic E-state index is 13.7. The van der Waals surface area contributed by atoms with Crippen molar-refractivity contribution in [1.29, 1.82) is 0 Å². The molecule has 9 heteroatoms. The van der Waals surface area contributed by atoms with Gasteiger partial charge in [0.15, 0.2) is 0 Å². The summed E-state index contributed by atoms with van der Waals surface area (Å²) in [6, 6.07) is 8.59. The first kappa shape index (κ1) is 17.7. The van der Waals surface area contributed by atoms with Crippen molar-refractivity contribution in [3.05, 3.63) is 47.2 Å². The third-order valence-electron chi connectivity index (χ3n) is 3.58. The van der Waals surface area contributed by atoms with E-state index in [-0.39, 0.29) is 10.9 Å². The van der Waals surface area contributed by atoms with Gasteiger partial charge in [0.1, 0.15) is 10.7 Å². The predicted octanol–water partition coefficient (Wildman–Crippen LogP) is 2.85. The molecule has 2 N–H and O–H groups in total. The Morgan fingerprint density at radius 3 is 2.84 bits per heavy atom. The minimum Gasteiger partial charge on any atom is -0.383 e. The van der Waals surface area contributed by atoms with Gasteiger partial charge in [0.25, 0.3) is 10.0 Å². The van der Waals surface area contributed by atoms with E-state index >= 15 is 0 Å². The second-order valence-electron chi connectivity index (χ2n) is 5.26. The molecule has 0 aromatic heterocycles. The molecule has 132 valence electrons. The molecule has 3 rings (SSSR count). The molecule has 1 aliphatic rings. The third-order valence-corrected chi connectivity index (χ3v) is 5.22. The molecule has 0 saturated heterocycles. The fourth-order valence-electron chi connectivity index (χ4n) is 2.46. The Labute approximate surface area is 149 Å². The van der Waals surface area contributed by atoms with Gasteiger partial charge in [-0.15, -0.1) is 4.40 Å². The molecule has 1 aliphatic heterocycles. The predicted molar refractivity (Wildman–Crippen MR) is 95.0 cm³/mol. The van der Waals surface area contributed by atoms with Gasteiger partial charge in [0.05, 0.1) is 12.3 Å². The van der Waals surface area contributed by atoms with E-state index in [0.29, 0.717) is 35.0 Å². The van der Waals surface area contributed by atoms with E-state index in [1.54, 1.807) is 12.1 Å². The molecule has 6 nitrogen and oxygen atoms in total. The Morgan fingerprint density at radius 2 is 2.08 bits per heavy atom. The number of halogens is 2. The summed E-state index contributed by atoms with van der Waals surface area (Å²) in [6.45, 7) is 0.751. The molecule has 0 atom stereocenters. The van der Waals surface area contributed by atoms with Crippen molar-refractivity contribution in [1.82, 2.24) is 5.32 Å². The van der Waals surface area contributed by atoms with Gasteiger partial charge < -0.3 is 15.4 Å². The fourth-order valence-corrected chi connectivity index (χ4v) is 3.80. The second kappa shape index (κ2) is 6.99. The lowest BCUT2D eigenvalue weighted by atomic mass is 10.0. The largest absolute Gasteiger partial charge is 0.383 e. The van der Waals surface area contributed by atoms with E-state index in [9.17, 15) is 12.8 Å². The lowest BCUT2D eigenvalue weighted by Gasteiger charge is -2.22. The highest BCUT2D eigenvalue weighted by Gasteiger charge is 2.27. The topological polar surface area (TPSA) is 79.8 Å². The van der Waals surface area contributed by atoms with Crippen LogP contribution < -0.4 is 10.6 Å². The fraction of sp³-hybridized carbons (Fsp3) is 0.188. The molecular formula is C16H15ClFN3O3S. The van der Waals surface area contributed by atoms with E-state index in [0.717, 1.165) is 0 Å². The van der Waals surface area contributed by atoms with E-state index in [4.69, 9.17) is 16.3 Å². The molecule has 25 heavy (non-hydrogen) atoms. The number of sulfonamides is 1. The van der Waals surface area contributed by atoms with Crippen molar-refractivity contribution in [3.8, 4) is 11.1 Å². The zero-order valence-electron chi connectivity index (χ0n) is 13.2. The molecule has 2 aromatic rings. The number of hydrogen-bond donors (Lipinski definition) is 2. The van der Waals surface area contributed by atoms with Crippen LogP contribution in [0.4, 0.5) is 10.1 Å². The van der Waals surface area contributed by atoms with Crippen LogP contribution >= 0.6 is 11.6 Å². The number of nitrogens with zero attached hydrogens (tertiary/aromatic N) is 1. The zero-order valence-corrected chi connectivity index (χ0v) is 14.8. The highest BCUT2D eigenvalue weighted by Crippen LogP contribution is 2.39. The summed E-state index contributed by atoms with van der Waals surface area (Å²) >= 11 is 6.18. The minimum absolute atomic E-state index is 0.00243. The summed E-state index contributed by atoms with van der Waals surface area (Å²) in [4.78, 5) is 0.00243. The second-order valence-corrected chi connectivity index (χ2v) is 7.24. The Hall–Kier alpha value is -2.16. The number of guanidine groups is 1. The molecule has 0 aliphatic carbocycles. The van der Waals surface area contributed by atoms with E-state index < -0.39 is 15.8 Å². The highest BCUT2D eigenvalue weighted by atomic mass is 35.5. The standard InChI is InChI=1S/C16H15ClFN3O3S/c1-24-8-7-19-16-20-15-11(12-9-10(18)5-6-13(12)17)3-2-4-14(15)25(22,23)21-16/h2-6,9H,7-8H2,1H3,(H2,19,20,21). The maximum absolute atomic E-state index is 13.7. The number of anilines is 1. The minimum atomic E-state index is -3.90. The smallest absolute Gasteiger partial charge is 0.287 e. The van der Waals surface area contributed by atoms with E-state index in [1.807, 2.05) is 0 Å². The Kier molecular flexibility index (Phi) is 4.94. The normalized spacial score (nSPS) is 15.1. The van der Waals surface area contributed by atoms with Gasteiger partial charge in [0, 0.05) is 29.8 Å². The number of hydrogen-bond acceptors (Lipinski definition) is 5. The highest BCUT2D eigenvalue weighted by molar-refractivity contribution is 7.90. The average molecular weight is 384 g/mol. The lowest BCUT2D eigenvalue weighted by molar-refractivity contribution is 0.204. The zero-order chi connectivity index (χ0) is 18.0. The molecular weight excluding hydrogens is 369 g/mol. The van der Waals surface area contributed by atoms with Crippen molar-refractivity contribution in [2.24, 2.45) is 4.40 Å². The summed E-state index contributed by atoms with van der Waals surface area (Å²) < 4.78 is 47.2. The van der Waals surface area contributed by atoms with Gasteiger partial charge in [-0.2, -0.15) is 8.42 Å². The summed E-state index contributed by atoms with van der Waals surface area (Å²) in [5.74, 6) is -0.396. The van der Waals surface area contributed by atoms with Gasteiger partial charge >= 0.3 is 0 Å². The lowest BCUT2D eigenvalue weighted by Crippen LogP contribution is -2.36. The maximum Gasteiger partial charge on any atom is 0.287 e. The van der Waals surface area contributed by atoms with Gasteiger partial charge in [-0.3, -0.25) is 0 Å². The van der Waals surface area contributed by atoms with Crippen LogP contribution in [0.25, 0.3) is 11.1 Å². The third kappa shape index (κ3) is 3.60. The summed E-state index contributed by atoms with van der Waals surface area (Å²) in [5.41, 5.74) is 1.15. The van der Waals surface area contributed by atoms with Crippen molar-refractivity contribution in [3.63, 3.8) is 0 Å². The van der Waals surface area contributed by atoms with Gasteiger partial charge in [-0.05, 0) is 24.3 Å². The molecule has 0 saturated carbocycles. The molecule has 0 bridgehead atoms. The summed E-state index contributed by atoms with van der Waals surface area (Å²) in [6.07, 6.45) is 0. The molecule has 2 aromatic carbocycles. The van der Waals surface area contributed by atoms with Crippen LogP contribution in [0, 0.1) is 5.82 Å². The van der Waals surface area contributed by atoms with E-state index in [1.165, 1.54) is 31.4 Å². The summed E-state index contributed by atoms with van der Waals surface area (Å²) in [7, 11) is -2.36. The molecule has 1 heterocycles. The first-order chi connectivity index (χ1) is 11.9. The number of ether oxygens (including phenoxy) is 1. The molecule has 0 fully saturated rings. The first-order valence-electron chi connectivity index (χ1n) is 7.35. The van der Waals surface area contributed by atoms with Crippen LogP contribution in [0.15, 0.2) is 45.7 Å². The average Bonchev–Trinajstić information content (AvgIpc) is 2.56. The van der Waals surface area contributed by atoms with E-state index in [2.05, 4.69) is 15.0 Å². The van der Waals surface area contributed by atoms with Gasteiger partial charge in [0.2, 0.25) is 5.96 Å². The number of rotatable bonds is 4. The SMILES string of the molecule is COCCNC1=NS(=O)(=O)c2cccc(-c3cc(F)ccc3Cl)c2N1. The van der Waals surface area contributed by atoms with Crippen LogP contribution in [-0.4, -0.2) is 34.6 Å². The Bertz CT molecular complexity index is 948. The van der Waals surface area contributed by atoms with Crippen LogP contribution in [0.1, 0.15) is 0 Å². The number of methoxy groups -OCH3 is 1. The van der Waals surface area contributed by atoms with Crippen molar-refractivity contribution in [2.45, 2.75) is 4.90 Å². The van der Waals surface area contributed by atoms with Crippen LogP contribution in [0.3, 0.4) is 0 Å². The molecule has 0 unspecified atom stereocenters. The molecule has 0 amide bonds. The Balaban J connectivity index is 2.09. The number of fused-ring (bicyclic) bond motifs is 1. The van der Waals surface area contributed by atoms with Crippen molar-refractivity contribution >= 4 is 33.3 Å². The quantitative estimate of drug-likeness (QED) is 0.793. The molecule has 0 radical (unpaired) electrons. The number of para-hydroxylation sites is 1. The van der Waals surface area contributed by atoms with Crippen molar-refractivity contribution in [2.75, 3.05) is 25.6 Å².